The fraction of sp³-hybridized carbons (Fsp3) is 0.933. The van der Waals surface area contributed by atoms with Crippen molar-refractivity contribution in [2.75, 3.05) is 33.2 Å². The van der Waals surface area contributed by atoms with Gasteiger partial charge >= 0.3 is 0 Å². The third-order valence-corrected chi connectivity index (χ3v) is 4.85. The zero-order valence-electron chi connectivity index (χ0n) is 12.7. The first-order valence-corrected chi connectivity index (χ1v) is 7.60. The molecule has 2 heterocycles. The van der Waals surface area contributed by atoms with Gasteiger partial charge in [-0.25, -0.2) is 0 Å². The Morgan fingerprint density at radius 2 is 2.05 bits per heavy atom. The zero-order valence-corrected chi connectivity index (χ0v) is 12.7. The molecule has 4 heteroatoms. The van der Waals surface area contributed by atoms with Crippen LogP contribution in [0.25, 0.3) is 0 Å². The second-order valence-electron chi connectivity index (χ2n) is 7.17. The van der Waals surface area contributed by atoms with E-state index in [0.29, 0.717) is 11.8 Å². The van der Waals surface area contributed by atoms with Gasteiger partial charge in [0.25, 0.3) is 0 Å². The molecule has 1 amide bonds. The summed E-state index contributed by atoms with van der Waals surface area (Å²) in [5.41, 5.74) is 6.19. The van der Waals surface area contributed by atoms with E-state index in [1.807, 2.05) is 4.90 Å². The molecular weight excluding hydrogens is 238 g/mol. The number of amides is 1. The van der Waals surface area contributed by atoms with Crippen molar-refractivity contribution in [2.45, 2.75) is 45.6 Å². The van der Waals surface area contributed by atoms with E-state index in [-0.39, 0.29) is 11.5 Å². The van der Waals surface area contributed by atoms with Crippen LogP contribution in [0.3, 0.4) is 0 Å². The monoisotopic (exact) mass is 267 g/mol. The molecule has 2 fully saturated rings. The lowest BCUT2D eigenvalue weighted by molar-refractivity contribution is -0.136. The van der Waals surface area contributed by atoms with Crippen LogP contribution in [0.15, 0.2) is 0 Å². The Bertz CT molecular complexity index is 329. The van der Waals surface area contributed by atoms with Gasteiger partial charge in [-0.2, -0.15) is 0 Å². The lowest BCUT2D eigenvalue weighted by Crippen LogP contribution is -2.54. The van der Waals surface area contributed by atoms with Crippen molar-refractivity contribution < 1.29 is 4.79 Å². The third kappa shape index (κ3) is 3.69. The maximum Gasteiger partial charge on any atom is 0.222 e. The quantitative estimate of drug-likeness (QED) is 0.820. The van der Waals surface area contributed by atoms with Crippen LogP contribution in [0.1, 0.15) is 39.5 Å². The average Bonchev–Trinajstić information content (AvgIpc) is 2.32. The highest BCUT2D eigenvalue weighted by Gasteiger charge is 2.35. The standard InChI is InChI=1S/C15H29N3O/c1-15(2)11-18(8-6-13(15)16)14(19)9-12-5-4-7-17(3)10-12/h12-13H,4-11,16H2,1-3H3. The molecule has 2 atom stereocenters. The summed E-state index contributed by atoms with van der Waals surface area (Å²) < 4.78 is 0. The van der Waals surface area contributed by atoms with Crippen LogP contribution >= 0.6 is 0 Å². The van der Waals surface area contributed by atoms with Crippen LogP contribution in [-0.2, 0) is 4.79 Å². The summed E-state index contributed by atoms with van der Waals surface area (Å²) in [5, 5.41) is 0. The molecule has 2 N–H and O–H groups in total. The van der Waals surface area contributed by atoms with Crippen molar-refractivity contribution in [3.05, 3.63) is 0 Å². The predicted octanol–water partition coefficient (Wildman–Crippen LogP) is 1.30. The Kier molecular flexibility index (Phi) is 4.51. The summed E-state index contributed by atoms with van der Waals surface area (Å²) in [5.74, 6) is 0.880. The lowest BCUT2D eigenvalue weighted by atomic mass is 9.79. The van der Waals surface area contributed by atoms with E-state index in [1.54, 1.807) is 0 Å². The fourth-order valence-corrected chi connectivity index (χ4v) is 3.40. The Labute approximate surface area is 117 Å². The molecule has 2 rings (SSSR count). The number of piperidine rings is 2. The minimum atomic E-state index is 0.0528. The van der Waals surface area contributed by atoms with Crippen molar-refractivity contribution in [3.63, 3.8) is 0 Å². The van der Waals surface area contributed by atoms with E-state index >= 15 is 0 Å². The maximum atomic E-state index is 12.4. The highest BCUT2D eigenvalue weighted by molar-refractivity contribution is 5.76. The number of carbonyl (C=O) groups excluding carboxylic acids is 1. The first kappa shape index (κ1) is 14.8. The smallest absolute Gasteiger partial charge is 0.222 e. The molecule has 110 valence electrons. The summed E-state index contributed by atoms with van der Waals surface area (Å²) in [6.07, 6.45) is 4.08. The van der Waals surface area contributed by atoms with Gasteiger partial charge in [0.15, 0.2) is 0 Å². The van der Waals surface area contributed by atoms with Gasteiger partial charge in [-0.3, -0.25) is 4.79 Å². The second kappa shape index (κ2) is 5.80. The van der Waals surface area contributed by atoms with Crippen LogP contribution in [-0.4, -0.2) is 55.0 Å². The fourth-order valence-electron chi connectivity index (χ4n) is 3.40. The molecule has 0 saturated carbocycles. The summed E-state index contributed by atoms with van der Waals surface area (Å²) >= 11 is 0. The van der Waals surface area contributed by atoms with E-state index in [9.17, 15) is 4.79 Å². The maximum absolute atomic E-state index is 12.4. The van der Waals surface area contributed by atoms with Crippen molar-refractivity contribution >= 4 is 5.91 Å². The minimum Gasteiger partial charge on any atom is -0.342 e. The first-order chi connectivity index (χ1) is 8.88. The Morgan fingerprint density at radius 3 is 2.68 bits per heavy atom. The Morgan fingerprint density at radius 1 is 1.32 bits per heavy atom. The molecule has 0 aliphatic carbocycles. The van der Waals surface area contributed by atoms with Crippen LogP contribution in [0, 0.1) is 11.3 Å². The summed E-state index contributed by atoms with van der Waals surface area (Å²) in [6.45, 7) is 8.25. The topological polar surface area (TPSA) is 49.6 Å². The predicted molar refractivity (Wildman–Crippen MR) is 77.8 cm³/mol. The number of hydrogen-bond donors (Lipinski definition) is 1. The van der Waals surface area contributed by atoms with Gasteiger partial charge in [0.2, 0.25) is 5.91 Å². The molecule has 0 spiro atoms. The highest BCUT2D eigenvalue weighted by Crippen LogP contribution is 2.29. The molecule has 4 nitrogen and oxygen atoms in total. The molecule has 19 heavy (non-hydrogen) atoms. The summed E-state index contributed by atoms with van der Waals surface area (Å²) in [4.78, 5) is 16.8. The first-order valence-electron chi connectivity index (χ1n) is 7.60. The number of hydrogen-bond acceptors (Lipinski definition) is 3. The van der Waals surface area contributed by atoms with E-state index in [0.717, 1.165) is 32.5 Å². The molecule has 0 aromatic carbocycles. The van der Waals surface area contributed by atoms with Gasteiger partial charge < -0.3 is 15.5 Å². The molecule has 0 bridgehead atoms. The Balaban J connectivity index is 1.86. The largest absolute Gasteiger partial charge is 0.342 e. The molecule has 0 aromatic heterocycles. The molecule has 2 aliphatic rings. The molecular formula is C15H29N3O. The van der Waals surface area contributed by atoms with Gasteiger partial charge in [0.05, 0.1) is 0 Å². The highest BCUT2D eigenvalue weighted by atomic mass is 16.2. The van der Waals surface area contributed by atoms with Gasteiger partial charge in [-0.1, -0.05) is 13.8 Å². The van der Waals surface area contributed by atoms with Gasteiger partial charge in [0.1, 0.15) is 0 Å². The zero-order chi connectivity index (χ0) is 14.0. The van der Waals surface area contributed by atoms with Crippen LogP contribution < -0.4 is 5.73 Å². The third-order valence-electron chi connectivity index (χ3n) is 4.85. The molecule has 0 aromatic rings. The normalized spacial score (nSPS) is 32.3. The number of rotatable bonds is 2. The minimum absolute atomic E-state index is 0.0528. The number of nitrogens with zero attached hydrogens (tertiary/aromatic N) is 2. The van der Waals surface area contributed by atoms with Crippen molar-refractivity contribution in [3.8, 4) is 0 Å². The molecule has 2 unspecified atom stereocenters. The van der Waals surface area contributed by atoms with E-state index in [2.05, 4.69) is 25.8 Å². The molecule has 2 saturated heterocycles. The van der Waals surface area contributed by atoms with Crippen LogP contribution in [0.4, 0.5) is 0 Å². The van der Waals surface area contributed by atoms with Crippen molar-refractivity contribution in [1.82, 2.24) is 9.80 Å². The van der Waals surface area contributed by atoms with Gasteiger partial charge in [0, 0.05) is 32.1 Å². The van der Waals surface area contributed by atoms with Crippen LogP contribution in [0.5, 0.6) is 0 Å². The van der Waals surface area contributed by atoms with Crippen LogP contribution in [0.2, 0.25) is 0 Å². The second-order valence-corrected chi connectivity index (χ2v) is 7.17. The summed E-state index contributed by atoms with van der Waals surface area (Å²) in [7, 11) is 2.15. The van der Waals surface area contributed by atoms with E-state index < -0.39 is 0 Å². The SMILES string of the molecule is CN1CCCC(CC(=O)N2CCC(N)C(C)(C)C2)C1. The van der Waals surface area contributed by atoms with Gasteiger partial charge in [-0.15, -0.1) is 0 Å². The number of carbonyl (C=O) groups is 1. The van der Waals surface area contributed by atoms with Crippen molar-refractivity contribution in [1.29, 1.82) is 0 Å². The summed E-state index contributed by atoms with van der Waals surface area (Å²) in [6, 6.07) is 0.220. The van der Waals surface area contributed by atoms with E-state index in [1.165, 1.54) is 19.4 Å². The Hall–Kier alpha value is -0.610. The number of likely N-dealkylation sites (tertiary alicyclic amines) is 2. The van der Waals surface area contributed by atoms with Crippen molar-refractivity contribution in [2.24, 2.45) is 17.1 Å². The molecule has 2 aliphatic heterocycles. The number of nitrogens with two attached hydrogens (primary N) is 1. The molecule has 0 radical (unpaired) electrons. The lowest BCUT2D eigenvalue weighted by Gasteiger charge is -2.43. The van der Waals surface area contributed by atoms with Gasteiger partial charge in [-0.05, 0) is 44.2 Å². The average molecular weight is 267 g/mol. The van der Waals surface area contributed by atoms with E-state index in [4.69, 9.17) is 5.73 Å².